The minimum atomic E-state index is -0.0864. The zero-order valence-electron chi connectivity index (χ0n) is 11.7. The third-order valence-electron chi connectivity index (χ3n) is 2.68. The van der Waals surface area contributed by atoms with Gasteiger partial charge in [0.1, 0.15) is 4.88 Å². The van der Waals surface area contributed by atoms with Gasteiger partial charge in [-0.15, -0.1) is 11.3 Å². The van der Waals surface area contributed by atoms with Crippen molar-refractivity contribution in [1.29, 1.82) is 0 Å². The lowest BCUT2D eigenvalue weighted by Gasteiger charge is -2.13. The first-order chi connectivity index (χ1) is 8.88. The number of anilines is 1. The normalized spacial score (nSPS) is 11.4. The number of rotatable bonds is 2. The number of nitrogens with zero attached hydrogens (tertiary/aromatic N) is 1. The highest BCUT2D eigenvalue weighted by atomic mass is 32.1. The third-order valence-corrected chi connectivity index (χ3v) is 4.26. The molecule has 1 N–H and O–H groups in total. The number of benzene rings is 1. The number of aryl methyl sites for hydroxylation is 1. The maximum absolute atomic E-state index is 12.2. The van der Waals surface area contributed by atoms with E-state index in [1.54, 1.807) is 0 Å². The van der Waals surface area contributed by atoms with Crippen molar-refractivity contribution < 1.29 is 4.79 Å². The van der Waals surface area contributed by atoms with Gasteiger partial charge < -0.3 is 5.32 Å². The fourth-order valence-corrected chi connectivity index (χ4v) is 2.66. The largest absolute Gasteiger partial charge is 0.321 e. The van der Waals surface area contributed by atoms with E-state index in [1.165, 1.54) is 11.3 Å². The first kappa shape index (κ1) is 13.7. The molecule has 0 aliphatic heterocycles. The predicted octanol–water partition coefficient (Wildman–Crippen LogP) is 4.00. The maximum atomic E-state index is 12.2. The topological polar surface area (TPSA) is 42.0 Å². The molecule has 0 bridgehead atoms. The van der Waals surface area contributed by atoms with Gasteiger partial charge in [-0.3, -0.25) is 4.79 Å². The Kier molecular flexibility index (Phi) is 3.71. The molecular weight excluding hydrogens is 256 g/mol. The van der Waals surface area contributed by atoms with Crippen LogP contribution < -0.4 is 5.32 Å². The Hall–Kier alpha value is -1.68. The number of amides is 1. The lowest BCUT2D eigenvalue weighted by Crippen LogP contribution is -2.11. The molecule has 0 atom stereocenters. The predicted molar refractivity (Wildman–Crippen MR) is 79.9 cm³/mol. The highest BCUT2D eigenvalue weighted by Crippen LogP contribution is 2.29. The quantitative estimate of drug-likeness (QED) is 0.899. The minimum Gasteiger partial charge on any atom is -0.321 e. The van der Waals surface area contributed by atoms with Gasteiger partial charge in [-0.1, -0.05) is 39.0 Å². The fraction of sp³-hybridized carbons (Fsp3) is 0.333. The molecule has 0 fully saturated rings. The van der Waals surface area contributed by atoms with E-state index in [9.17, 15) is 4.79 Å². The molecule has 1 aromatic carbocycles. The summed E-state index contributed by atoms with van der Waals surface area (Å²) in [6.45, 7) is 8.18. The second kappa shape index (κ2) is 5.13. The molecule has 0 saturated carbocycles. The van der Waals surface area contributed by atoms with Crippen LogP contribution in [0.4, 0.5) is 5.69 Å². The average molecular weight is 274 g/mol. The van der Waals surface area contributed by atoms with Crippen molar-refractivity contribution in [2.45, 2.75) is 33.1 Å². The Morgan fingerprint density at radius 1 is 1.21 bits per heavy atom. The summed E-state index contributed by atoms with van der Waals surface area (Å²) in [5, 5.41) is 3.88. The number of nitrogens with one attached hydrogen (secondary N) is 1. The van der Waals surface area contributed by atoms with Gasteiger partial charge in [0.05, 0.1) is 10.7 Å². The van der Waals surface area contributed by atoms with E-state index in [0.717, 1.165) is 16.4 Å². The second-order valence-corrected chi connectivity index (χ2v) is 6.50. The molecule has 1 aromatic heterocycles. The summed E-state index contributed by atoms with van der Waals surface area (Å²) in [5.74, 6) is -0.0864. The molecule has 0 aliphatic rings. The summed E-state index contributed by atoms with van der Waals surface area (Å²) in [6.07, 6.45) is 0. The summed E-state index contributed by atoms with van der Waals surface area (Å²) in [4.78, 5) is 17.4. The van der Waals surface area contributed by atoms with Gasteiger partial charge in [-0.25, -0.2) is 4.98 Å². The molecule has 0 aliphatic carbocycles. The third kappa shape index (κ3) is 3.20. The van der Waals surface area contributed by atoms with E-state index in [2.05, 4.69) is 31.1 Å². The number of thiazole rings is 1. The summed E-state index contributed by atoms with van der Waals surface area (Å²) < 4.78 is 0. The second-order valence-electron chi connectivity index (χ2n) is 5.50. The molecule has 0 saturated heterocycles. The van der Waals surface area contributed by atoms with Gasteiger partial charge in [-0.2, -0.15) is 0 Å². The van der Waals surface area contributed by atoms with Crippen molar-refractivity contribution in [2.24, 2.45) is 0 Å². The van der Waals surface area contributed by atoms with Crippen molar-refractivity contribution in [3.8, 4) is 0 Å². The zero-order chi connectivity index (χ0) is 14.0. The Morgan fingerprint density at radius 2 is 1.84 bits per heavy atom. The monoisotopic (exact) mass is 274 g/mol. The number of carbonyl (C=O) groups excluding carboxylic acids is 1. The Balaban J connectivity index is 2.23. The molecule has 1 amide bonds. The Bertz CT molecular complexity index is 582. The van der Waals surface area contributed by atoms with Crippen molar-refractivity contribution in [1.82, 2.24) is 4.98 Å². The van der Waals surface area contributed by atoms with E-state index in [1.807, 2.05) is 37.3 Å². The van der Waals surface area contributed by atoms with Gasteiger partial charge in [0.2, 0.25) is 0 Å². The molecule has 2 rings (SSSR count). The van der Waals surface area contributed by atoms with Crippen LogP contribution in [0.5, 0.6) is 0 Å². The lowest BCUT2D eigenvalue weighted by atomic mass is 9.98. The van der Waals surface area contributed by atoms with Crippen molar-refractivity contribution in [3.05, 3.63) is 45.9 Å². The number of hydrogen-bond donors (Lipinski definition) is 1. The van der Waals surface area contributed by atoms with Crippen molar-refractivity contribution in [2.75, 3.05) is 5.32 Å². The highest BCUT2D eigenvalue weighted by molar-refractivity contribution is 7.14. The van der Waals surface area contributed by atoms with E-state index in [-0.39, 0.29) is 11.3 Å². The smallest absolute Gasteiger partial charge is 0.267 e. The SMILES string of the molecule is Cc1nc(C(C)(C)C)sc1C(=O)Nc1ccccc1. The first-order valence-electron chi connectivity index (χ1n) is 6.22. The highest BCUT2D eigenvalue weighted by Gasteiger charge is 2.23. The molecule has 0 unspecified atom stereocenters. The maximum Gasteiger partial charge on any atom is 0.267 e. The lowest BCUT2D eigenvalue weighted by molar-refractivity contribution is 0.103. The van der Waals surface area contributed by atoms with Gasteiger partial charge >= 0.3 is 0 Å². The molecule has 3 nitrogen and oxygen atoms in total. The van der Waals surface area contributed by atoms with Crippen LogP contribution in [-0.4, -0.2) is 10.9 Å². The number of carbonyl (C=O) groups is 1. The van der Waals surface area contributed by atoms with Crippen LogP contribution in [0.15, 0.2) is 30.3 Å². The van der Waals surface area contributed by atoms with E-state index in [4.69, 9.17) is 0 Å². The molecule has 2 aromatic rings. The van der Waals surface area contributed by atoms with Gasteiger partial charge in [0.15, 0.2) is 0 Å². The van der Waals surface area contributed by atoms with Crippen LogP contribution in [0.25, 0.3) is 0 Å². The van der Waals surface area contributed by atoms with Crippen LogP contribution in [0.2, 0.25) is 0 Å². The molecule has 4 heteroatoms. The molecule has 0 spiro atoms. The van der Waals surface area contributed by atoms with Gasteiger partial charge in [0, 0.05) is 11.1 Å². The van der Waals surface area contributed by atoms with E-state index < -0.39 is 0 Å². The molecular formula is C15H18N2OS. The molecule has 100 valence electrons. The standard InChI is InChI=1S/C15H18N2OS/c1-10-12(19-14(16-10)15(2,3)4)13(18)17-11-8-6-5-7-9-11/h5-9H,1-4H3,(H,17,18). The van der Waals surface area contributed by atoms with Gasteiger partial charge in [0.25, 0.3) is 5.91 Å². The average Bonchev–Trinajstić information content (AvgIpc) is 2.72. The summed E-state index contributed by atoms with van der Waals surface area (Å²) >= 11 is 1.47. The fourth-order valence-electron chi connectivity index (χ4n) is 1.64. The van der Waals surface area contributed by atoms with Crippen LogP contribution in [0.1, 0.15) is 41.1 Å². The van der Waals surface area contributed by atoms with Crippen molar-refractivity contribution >= 4 is 22.9 Å². The van der Waals surface area contributed by atoms with Gasteiger partial charge in [-0.05, 0) is 19.1 Å². The van der Waals surface area contributed by atoms with E-state index >= 15 is 0 Å². The minimum absolute atomic E-state index is 0.0271. The van der Waals surface area contributed by atoms with Crippen LogP contribution >= 0.6 is 11.3 Å². The van der Waals surface area contributed by atoms with Crippen LogP contribution in [0, 0.1) is 6.92 Å². The van der Waals surface area contributed by atoms with Crippen LogP contribution in [-0.2, 0) is 5.41 Å². The van der Waals surface area contributed by atoms with Crippen molar-refractivity contribution in [3.63, 3.8) is 0 Å². The first-order valence-corrected chi connectivity index (χ1v) is 7.04. The number of aromatic nitrogens is 1. The Morgan fingerprint density at radius 3 is 2.37 bits per heavy atom. The summed E-state index contributed by atoms with van der Waals surface area (Å²) in [6, 6.07) is 9.47. The van der Waals surface area contributed by atoms with Crippen LogP contribution in [0.3, 0.4) is 0 Å². The Labute approximate surface area is 117 Å². The molecule has 0 radical (unpaired) electrons. The molecule has 19 heavy (non-hydrogen) atoms. The molecule has 1 heterocycles. The van der Waals surface area contributed by atoms with E-state index in [0.29, 0.717) is 4.88 Å². The number of para-hydroxylation sites is 1. The summed E-state index contributed by atoms with van der Waals surface area (Å²) in [7, 11) is 0. The number of hydrogen-bond acceptors (Lipinski definition) is 3. The summed E-state index contributed by atoms with van der Waals surface area (Å²) in [5.41, 5.74) is 1.57. The zero-order valence-corrected chi connectivity index (χ0v) is 12.5.